The van der Waals surface area contributed by atoms with Crippen LogP contribution >= 0.6 is 0 Å². The number of hydrogen-bond donors (Lipinski definition) is 2. The first kappa shape index (κ1) is 15.5. The molecule has 112 valence electrons. The molecule has 4 nitrogen and oxygen atoms in total. The summed E-state index contributed by atoms with van der Waals surface area (Å²) in [4.78, 5) is 0.316. The lowest BCUT2D eigenvalue weighted by atomic mass is 10.1. The third-order valence-corrected chi connectivity index (χ3v) is 4.75. The fourth-order valence-electron chi connectivity index (χ4n) is 2.08. The molecule has 0 aliphatic carbocycles. The quantitative estimate of drug-likeness (QED) is 0.893. The van der Waals surface area contributed by atoms with Crippen LogP contribution in [0.2, 0.25) is 0 Å². The number of hydrogen-bond acceptors (Lipinski definition) is 3. The molecule has 0 aromatic heterocycles. The zero-order valence-electron chi connectivity index (χ0n) is 12.5. The van der Waals surface area contributed by atoms with Gasteiger partial charge in [-0.3, -0.25) is 4.72 Å². The van der Waals surface area contributed by atoms with Gasteiger partial charge in [-0.05, 0) is 50.2 Å². The molecule has 0 spiro atoms. The second kappa shape index (κ2) is 6.28. The van der Waals surface area contributed by atoms with Gasteiger partial charge in [0.05, 0.1) is 4.90 Å². The van der Waals surface area contributed by atoms with Crippen molar-refractivity contribution in [3.8, 4) is 0 Å². The van der Waals surface area contributed by atoms with E-state index in [0.29, 0.717) is 17.1 Å². The Balaban J connectivity index is 2.34. The Morgan fingerprint density at radius 2 is 1.67 bits per heavy atom. The van der Waals surface area contributed by atoms with E-state index in [0.717, 1.165) is 16.7 Å². The van der Waals surface area contributed by atoms with Crippen molar-refractivity contribution in [2.75, 3.05) is 11.8 Å². The standard InChI is InChI=1S/C16H20N2O2S/c1-12-4-8-15(9-5-12)18-21(19,20)16-10-14(11-17-3)7-6-13(16)2/h4-10,17-18H,11H2,1-3H3. The molecule has 2 aromatic carbocycles. The first-order valence-corrected chi connectivity index (χ1v) is 8.24. The van der Waals surface area contributed by atoms with Gasteiger partial charge in [0.15, 0.2) is 0 Å². The van der Waals surface area contributed by atoms with Crippen molar-refractivity contribution < 1.29 is 8.42 Å². The molecule has 0 radical (unpaired) electrons. The average molecular weight is 304 g/mol. The van der Waals surface area contributed by atoms with Crippen LogP contribution in [0.4, 0.5) is 5.69 Å². The first-order chi connectivity index (χ1) is 9.92. The minimum atomic E-state index is -3.58. The number of nitrogens with one attached hydrogen (secondary N) is 2. The van der Waals surface area contributed by atoms with Crippen molar-refractivity contribution in [3.05, 3.63) is 59.2 Å². The summed E-state index contributed by atoms with van der Waals surface area (Å²) in [5.41, 5.74) is 3.33. The fraction of sp³-hybridized carbons (Fsp3) is 0.250. The van der Waals surface area contributed by atoms with E-state index in [2.05, 4.69) is 10.0 Å². The van der Waals surface area contributed by atoms with E-state index in [-0.39, 0.29) is 0 Å². The summed E-state index contributed by atoms with van der Waals surface area (Å²) >= 11 is 0. The Bertz CT molecular complexity index is 722. The first-order valence-electron chi connectivity index (χ1n) is 6.76. The van der Waals surface area contributed by atoms with E-state index < -0.39 is 10.0 Å². The predicted molar refractivity (Wildman–Crippen MR) is 85.9 cm³/mol. The molecule has 0 fully saturated rings. The summed E-state index contributed by atoms with van der Waals surface area (Å²) < 4.78 is 27.7. The van der Waals surface area contributed by atoms with E-state index >= 15 is 0 Å². The normalized spacial score (nSPS) is 11.4. The maximum absolute atomic E-state index is 12.5. The monoisotopic (exact) mass is 304 g/mol. The molecule has 0 atom stereocenters. The van der Waals surface area contributed by atoms with Crippen LogP contribution in [0.15, 0.2) is 47.4 Å². The predicted octanol–water partition coefficient (Wildman–Crippen LogP) is 2.82. The molecule has 0 aliphatic rings. The Morgan fingerprint density at radius 3 is 2.29 bits per heavy atom. The zero-order chi connectivity index (χ0) is 15.5. The van der Waals surface area contributed by atoms with E-state index in [4.69, 9.17) is 0 Å². The third kappa shape index (κ3) is 3.83. The molecule has 2 aromatic rings. The second-order valence-electron chi connectivity index (χ2n) is 5.10. The summed E-state index contributed by atoms with van der Waals surface area (Å²) in [5, 5.41) is 3.02. The highest BCUT2D eigenvalue weighted by Crippen LogP contribution is 2.21. The third-order valence-electron chi connectivity index (χ3n) is 3.23. The van der Waals surface area contributed by atoms with Crippen molar-refractivity contribution in [3.63, 3.8) is 0 Å². The Labute approximate surface area is 126 Å². The van der Waals surface area contributed by atoms with E-state index in [9.17, 15) is 8.42 Å². The molecular formula is C16H20N2O2S. The number of rotatable bonds is 5. The zero-order valence-corrected chi connectivity index (χ0v) is 13.3. The van der Waals surface area contributed by atoms with Crippen LogP contribution in [0.1, 0.15) is 16.7 Å². The molecule has 21 heavy (non-hydrogen) atoms. The van der Waals surface area contributed by atoms with Gasteiger partial charge >= 0.3 is 0 Å². The maximum Gasteiger partial charge on any atom is 0.262 e. The lowest BCUT2D eigenvalue weighted by molar-refractivity contribution is 0.600. The molecule has 0 unspecified atom stereocenters. The highest BCUT2D eigenvalue weighted by Gasteiger charge is 2.17. The molecule has 0 bridgehead atoms. The van der Waals surface area contributed by atoms with Gasteiger partial charge in [-0.2, -0.15) is 0 Å². The minimum Gasteiger partial charge on any atom is -0.316 e. The summed E-state index contributed by atoms with van der Waals surface area (Å²) in [7, 11) is -1.74. The van der Waals surface area contributed by atoms with Gasteiger partial charge in [-0.1, -0.05) is 29.8 Å². The number of aryl methyl sites for hydroxylation is 2. The number of anilines is 1. The molecule has 2 N–H and O–H groups in total. The molecule has 0 saturated heterocycles. The molecule has 2 rings (SSSR count). The van der Waals surface area contributed by atoms with Crippen molar-refractivity contribution in [1.82, 2.24) is 5.32 Å². The van der Waals surface area contributed by atoms with Gasteiger partial charge in [-0.25, -0.2) is 8.42 Å². The Hall–Kier alpha value is -1.85. The Kier molecular flexibility index (Phi) is 4.65. The van der Waals surface area contributed by atoms with Crippen LogP contribution in [0.25, 0.3) is 0 Å². The smallest absolute Gasteiger partial charge is 0.262 e. The van der Waals surface area contributed by atoms with Crippen molar-refractivity contribution in [1.29, 1.82) is 0 Å². The minimum absolute atomic E-state index is 0.316. The van der Waals surface area contributed by atoms with Gasteiger partial charge in [0.1, 0.15) is 0 Å². The summed E-state index contributed by atoms with van der Waals surface area (Å²) in [5.74, 6) is 0. The summed E-state index contributed by atoms with van der Waals surface area (Å²) in [6.07, 6.45) is 0. The van der Waals surface area contributed by atoms with E-state index in [1.807, 2.05) is 38.2 Å². The molecule has 0 saturated carbocycles. The highest BCUT2D eigenvalue weighted by atomic mass is 32.2. The van der Waals surface area contributed by atoms with E-state index in [1.165, 1.54) is 0 Å². The second-order valence-corrected chi connectivity index (χ2v) is 6.75. The van der Waals surface area contributed by atoms with Gasteiger partial charge < -0.3 is 5.32 Å². The highest BCUT2D eigenvalue weighted by molar-refractivity contribution is 7.92. The van der Waals surface area contributed by atoms with Crippen LogP contribution in [0.5, 0.6) is 0 Å². The van der Waals surface area contributed by atoms with Gasteiger partial charge in [-0.15, -0.1) is 0 Å². The van der Waals surface area contributed by atoms with Crippen molar-refractivity contribution >= 4 is 15.7 Å². The van der Waals surface area contributed by atoms with Crippen LogP contribution in [-0.2, 0) is 16.6 Å². The van der Waals surface area contributed by atoms with Crippen LogP contribution in [-0.4, -0.2) is 15.5 Å². The fourth-order valence-corrected chi connectivity index (χ4v) is 3.43. The SMILES string of the molecule is CNCc1ccc(C)c(S(=O)(=O)Nc2ccc(C)cc2)c1. The molecule has 0 amide bonds. The van der Waals surface area contributed by atoms with E-state index in [1.54, 1.807) is 25.1 Å². The average Bonchev–Trinajstić information content (AvgIpc) is 2.43. The summed E-state index contributed by atoms with van der Waals surface area (Å²) in [6.45, 7) is 4.39. The maximum atomic E-state index is 12.5. The van der Waals surface area contributed by atoms with Crippen molar-refractivity contribution in [2.45, 2.75) is 25.3 Å². The topological polar surface area (TPSA) is 58.2 Å². The Morgan fingerprint density at radius 1 is 1.00 bits per heavy atom. The summed E-state index contributed by atoms with van der Waals surface area (Å²) in [6, 6.07) is 12.7. The largest absolute Gasteiger partial charge is 0.316 e. The molecular weight excluding hydrogens is 284 g/mol. The molecule has 0 heterocycles. The number of benzene rings is 2. The lowest BCUT2D eigenvalue weighted by Crippen LogP contribution is -2.15. The lowest BCUT2D eigenvalue weighted by Gasteiger charge is -2.12. The molecule has 5 heteroatoms. The van der Waals surface area contributed by atoms with Gasteiger partial charge in [0, 0.05) is 12.2 Å². The van der Waals surface area contributed by atoms with Crippen LogP contribution in [0, 0.1) is 13.8 Å². The number of sulfonamides is 1. The molecule has 0 aliphatic heterocycles. The van der Waals surface area contributed by atoms with Gasteiger partial charge in [0.2, 0.25) is 0 Å². The van der Waals surface area contributed by atoms with Crippen LogP contribution < -0.4 is 10.0 Å². The van der Waals surface area contributed by atoms with Crippen LogP contribution in [0.3, 0.4) is 0 Å². The van der Waals surface area contributed by atoms with Gasteiger partial charge in [0.25, 0.3) is 10.0 Å². The van der Waals surface area contributed by atoms with Crippen molar-refractivity contribution in [2.24, 2.45) is 0 Å².